The fourth-order valence-corrected chi connectivity index (χ4v) is 2.64. The molecule has 10 heteroatoms. The maximum absolute atomic E-state index is 13.5. The van der Waals surface area contributed by atoms with E-state index < -0.39 is 17.5 Å². The molecular formula is C17H12ClF2N3O3S. The summed E-state index contributed by atoms with van der Waals surface area (Å²) in [5.41, 5.74) is -0.107. The van der Waals surface area contributed by atoms with Crippen LogP contribution in [0.15, 0.2) is 52.1 Å². The maximum atomic E-state index is 13.5. The summed E-state index contributed by atoms with van der Waals surface area (Å²) in [6.07, 6.45) is 0. The van der Waals surface area contributed by atoms with Gasteiger partial charge < -0.3 is 14.5 Å². The first-order chi connectivity index (χ1) is 13.0. The lowest BCUT2D eigenvalue weighted by atomic mass is 10.3. The summed E-state index contributed by atoms with van der Waals surface area (Å²) in [7, 11) is 0. The predicted molar refractivity (Wildman–Crippen MR) is 95.8 cm³/mol. The van der Waals surface area contributed by atoms with E-state index in [1.165, 1.54) is 0 Å². The average molecular weight is 412 g/mol. The van der Waals surface area contributed by atoms with E-state index in [2.05, 4.69) is 15.5 Å². The predicted octanol–water partition coefficient (Wildman–Crippen LogP) is 4.31. The first-order valence-corrected chi connectivity index (χ1v) is 8.94. The van der Waals surface area contributed by atoms with Gasteiger partial charge in [-0.2, -0.15) is 0 Å². The fourth-order valence-electron chi connectivity index (χ4n) is 1.94. The molecule has 27 heavy (non-hydrogen) atoms. The van der Waals surface area contributed by atoms with Gasteiger partial charge in [0.2, 0.25) is 5.91 Å². The Morgan fingerprint density at radius 1 is 1.19 bits per heavy atom. The minimum absolute atomic E-state index is 0.0577. The molecule has 1 aromatic heterocycles. The number of nitrogens with zero attached hydrogens (tertiary/aromatic N) is 2. The lowest BCUT2D eigenvalue weighted by Gasteiger charge is -2.05. The van der Waals surface area contributed by atoms with Crippen molar-refractivity contribution in [2.75, 3.05) is 11.1 Å². The molecule has 2 aromatic carbocycles. The Morgan fingerprint density at radius 2 is 1.96 bits per heavy atom. The number of anilines is 1. The number of ether oxygens (including phenoxy) is 1. The normalized spacial score (nSPS) is 10.6. The second-order valence-corrected chi connectivity index (χ2v) is 6.53. The number of aromatic nitrogens is 2. The minimum atomic E-state index is -0.854. The molecule has 140 valence electrons. The van der Waals surface area contributed by atoms with Crippen LogP contribution in [-0.2, 0) is 11.4 Å². The Labute approximate surface area is 161 Å². The summed E-state index contributed by atoms with van der Waals surface area (Å²) in [4.78, 5) is 11.9. The van der Waals surface area contributed by atoms with Gasteiger partial charge in [0.1, 0.15) is 17.4 Å². The topological polar surface area (TPSA) is 77.2 Å². The highest BCUT2D eigenvalue weighted by molar-refractivity contribution is 7.99. The first-order valence-electron chi connectivity index (χ1n) is 7.58. The number of benzene rings is 2. The quantitative estimate of drug-likeness (QED) is 0.584. The van der Waals surface area contributed by atoms with Gasteiger partial charge in [0.05, 0.1) is 11.4 Å². The standard InChI is InChI=1S/C17H12ClF2N3O3S/c18-10-1-4-12(5-2-10)25-8-16-22-23-17(26-16)27-9-15(24)21-14-6-3-11(19)7-13(14)20/h1-7H,8-9H2,(H,21,24). The molecule has 0 radical (unpaired) electrons. The number of hydrogen-bond acceptors (Lipinski definition) is 6. The molecule has 3 rings (SSSR count). The van der Waals surface area contributed by atoms with Crippen LogP contribution in [0.2, 0.25) is 5.02 Å². The third-order valence-electron chi connectivity index (χ3n) is 3.16. The van der Waals surface area contributed by atoms with Gasteiger partial charge in [-0.15, -0.1) is 10.2 Å². The highest BCUT2D eigenvalue weighted by Crippen LogP contribution is 2.20. The second-order valence-electron chi connectivity index (χ2n) is 5.17. The van der Waals surface area contributed by atoms with Crippen LogP contribution >= 0.6 is 23.4 Å². The molecule has 0 aliphatic rings. The molecule has 1 heterocycles. The zero-order chi connectivity index (χ0) is 19.2. The zero-order valence-electron chi connectivity index (χ0n) is 13.6. The molecule has 0 saturated carbocycles. The van der Waals surface area contributed by atoms with Crippen molar-refractivity contribution in [3.63, 3.8) is 0 Å². The second kappa shape index (κ2) is 8.83. The van der Waals surface area contributed by atoms with Crippen molar-refractivity contribution < 1.29 is 22.7 Å². The van der Waals surface area contributed by atoms with Crippen LogP contribution in [0.4, 0.5) is 14.5 Å². The molecule has 0 aliphatic carbocycles. The molecule has 0 unspecified atom stereocenters. The molecule has 0 spiro atoms. The van der Waals surface area contributed by atoms with Crippen LogP contribution in [0.1, 0.15) is 5.89 Å². The summed E-state index contributed by atoms with van der Waals surface area (Å²) in [6, 6.07) is 9.67. The van der Waals surface area contributed by atoms with Gasteiger partial charge >= 0.3 is 0 Å². The number of amides is 1. The zero-order valence-corrected chi connectivity index (χ0v) is 15.2. The van der Waals surface area contributed by atoms with Crippen LogP contribution in [0.25, 0.3) is 0 Å². The first kappa shape index (κ1) is 19.1. The van der Waals surface area contributed by atoms with E-state index in [4.69, 9.17) is 20.8 Å². The van der Waals surface area contributed by atoms with E-state index in [0.717, 1.165) is 23.9 Å². The Hall–Kier alpha value is -2.65. The van der Waals surface area contributed by atoms with Gasteiger partial charge in [-0.1, -0.05) is 23.4 Å². The van der Waals surface area contributed by atoms with Crippen molar-refractivity contribution in [1.82, 2.24) is 10.2 Å². The molecule has 0 aliphatic heterocycles. The highest BCUT2D eigenvalue weighted by Gasteiger charge is 2.12. The summed E-state index contributed by atoms with van der Waals surface area (Å²) in [5.74, 6) is -1.34. The Morgan fingerprint density at radius 3 is 2.70 bits per heavy atom. The van der Waals surface area contributed by atoms with Gasteiger partial charge in [0, 0.05) is 11.1 Å². The number of hydrogen-bond donors (Lipinski definition) is 1. The smallest absolute Gasteiger partial charge is 0.277 e. The third kappa shape index (κ3) is 5.66. The monoisotopic (exact) mass is 411 g/mol. The van der Waals surface area contributed by atoms with Gasteiger partial charge in [0.25, 0.3) is 11.1 Å². The molecule has 6 nitrogen and oxygen atoms in total. The fraction of sp³-hybridized carbons (Fsp3) is 0.118. The number of carbonyl (C=O) groups is 1. The van der Waals surface area contributed by atoms with Gasteiger partial charge in [-0.05, 0) is 36.4 Å². The van der Waals surface area contributed by atoms with Crippen molar-refractivity contribution in [3.05, 3.63) is 65.0 Å². The Balaban J connectivity index is 1.47. The third-order valence-corrected chi connectivity index (χ3v) is 4.23. The van der Waals surface area contributed by atoms with E-state index in [1.807, 2.05) is 0 Å². The molecule has 1 amide bonds. The molecule has 0 bridgehead atoms. The van der Waals surface area contributed by atoms with Crippen LogP contribution < -0.4 is 10.1 Å². The Bertz CT molecular complexity index is 937. The lowest BCUT2D eigenvalue weighted by molar-refractivity contribution is -0.113. The lowest BCUT2D eigenvalue weighted by Crippen LogP contribution is -2.15. The molecular weight excluding hydrogens is 400 g/mol. The van der Waals surface area contributed by atoms with E-state index in [-0.39, 0.29) is 29.2 Å². The molecule has 0 atom stereocenters. The van der Waals surface area contributed by atoms with E-state index in [0.29, 0.717) is 16.8 Å². The Kier molecular flexibility index (Phi) is 6.25. The number of halogens is 3. The SMILES string of the molecule is O=C(CSc1nnc(COc2ccc(Cl)cc2)o1)Nc1ccc(F)cc1F. The molecule has 0 fully saturated rings. The molecule has 1 N–H and O–H groups in total. The minimum Gasteiger partial charge on any atom is -0.484 e. The van der Waals surface area contributed by atoms with E-state index >= 15 is 0 Å². The summed E-state index contributed by atoms with van der Waals surface area (Å²) < 4.78 is 37.2. The van der Waals surface area contributed by atoms with Gasteiger partial charge in [0.15, 0.2) is 6.61 Å². The average Bonchev–Trinajstić information content (AvgIpc) is 3.10. The number of nitrogens with one attached hydrogen (secondary N) is 1. The van der Waals surface area contributed by atoms with Crippen molar-refractivity contribution >= 4 is 35.0 Å². The van der Waals surface area contributed by atoms with Crippen molar-refractivity contribution in [1.29, 1.82) is 0 Å². The van der Waals surface area contributed by atoms with Gasteiger partial charge in [-0.25, -0.2) is 8.78 Å². The number of carbonyl (C=O) groups excluding carboxylic acids is 1. The summed E-state index contributed by atoms with van der Waals surface area (Å²) in [6.45, 7) is 0.0577. The number of rotatable bonds is 7. The number of thioether (sulfide) groups is 1. The van der Waals surface area contributed by atoms with E-state index in [1.54, 1.807) is 24.3 Å². The largest absolute Gasteiger partial charge is 0.484 e. The molecule has 3 aromatic rings. The van der Waals surface area contributed by atoms with Crippen LogP contribution in [0, 0.1) is 11.6 Å². The summed E-state index contributed by atoms with van der Waals surface area (Å²) >= 11 is 6.77. The highest BCUT2D eigenvalue weighted by atomic mass is 35.5. The van der Waals surface area contributed by atoms with Crippen LogP contribution in [0.5, 0.6) is 5.75 Å². The van der Waals surface area contributed by atoms with Crippen LogP contribution in [0.3, 0.4) is 0 Å². The van der Waals surface area contributed by atoms with Gasteiger partial charge in [-0.3, -0.25) is 4.79 Å². The van der Waals surface area contributed by atoms with Crippen molar-refractivity contribution in [2.45, 2.75) is 11.8 Å². The van der Waals surface area contributed by atoms with Crippen molar-refractivity contribution in [2.24, 2.45) is 0 Å². The van der Waals surface area contributed by atoms with Crippen LogP contribution in [-0.4, -0.2) is 21.9 Å². The summed E-state index contributed by atoms with van der Waals surface area (Å²) in [5, 5.41) is 10.7. The maximum Gasteiger partial charge on any atom is 0.277 e. The van der Waals surface area contributed by atoms with Crippen molar-refractivity contribution in [3.8, 4) is 5.75 Å². The molecule has 0 saturated heterocycles. The van der Waals surface area contributed by atoms with E-state index in [9.17, 15) is 13.6 Å².